The number of hydrogen-bond acceptors (Lipinski definition) is 5. The van der Waals surface area contributed by atoms with E-state index in [-0.39, 0.29) is 17.7 Å². The standard InChI is InChI=1S/C13H23NO.3C12H21NO/c1-6-11(4)14-8-12(7-10(2)3)13(9-14)15-5;1-4-12(14)13-7-5-11(6-8-13)9-10(2)3;2*1-4-12(14)13-7-5-6-11(9-13)8-10(2)3/h6,10,12-13H,1,4,7-9H2,2-3,5H3;3*4,10-11H,1,5-9H2,2-3H3/t12-,13-;;2*11-/m0.10/s1. The summed E-state index contributed by atoms with van der Waals surface area (Å²) in [5, 5.41) is 0. The number of nitrogens with zero attached hydrogens (tertiary/aromatic N) is 4. The Labute approximate surface area is 350 Å². The van der Waals surface area contributed by atoms with Crippen LogP contribution in [0.2, 0.25) is 0 Å². The first-order valence-electron chi connectivity index (χ1n) is 22.3. The number of methoxy groups -OCH3 is 1. The van der Waals surface area contributed by atoms with Gasteiger partial charge in [-0.2, -0.15) is 0 Å². The lowest BCUT2D eigenvalue weighted by molar-refractivity contribution is -0.128. The van der Waals surface area contributed by atoms with E-state index in [1.54, 1.807) is 7.11 Å². The monoisotopic (exact) mass is 795 g/mol. The van der Waals surface area contributed by atoms with Crippen LogP contribution in [0, 0.1) is 47.3 Å². The third kappa shape index (κ3) is 20.9. The Morgan fingerprint density at radius 3 is 1.30 bits per heavy atom. The smallest absolute Gasteiger partial charge is 0.245 e. The molecule has 0 radical (unpaired) electrons. The second kappa shape index (κ2) is 28.3. The molecule has 0 aromatic carbocycles. The molecule has 0 unspecified atom stereocenters. The minimum atomic E-state index is 0.0907. The van der Waals surface area contributed by atoms with Crippen molar-refractivity contribution in [2.24, 2.45) is 47.3 Å². The summed E-state index contributed by atoms with van der Waals surface area (Å²) in [4.78, 5) is 42.2. The van der Waals surface area contributed by atoms with Crippen LogP contribution in [0.5, 0.6) is 0 Å². The summed E-state index contributed by atoms with van der Waals surface area (Å²) in [6.07, 6.45) is 18.6. The van der Waals surface area contributed by atoms with Gasteiger partial charge < -0.3 is 24.3 Å². The van der Waals surface area contributed by atoms with Crippen LogP contribution in [-0.4, -0.2) is 103 Å². The molecule has 0 aromatic rings. The molecule has 8 nitrogen and oxygen atoms in total. The highest BCUT2D eigenvalue weighted by Crippen LogP contribution is 2.29. The zero-order valence-corrected chi connectivity index (χ0v) is 38.2. The van der Waals surface area contributed by atoms with Crippen LogP contribution in [0.15, 0.2) is 62.9 Å². The topological polar surface area (TPSA) is 73.4 Å². The van der Waals surface area contributed by atoms with Crippen molar-refractivity contribution in [1.82, 2.24) is 19.6 Å². The summed E-state index contributed by atoms with van der Waals surface area (Å²) in [5.41, 5.74) is 1.02. The molecular weight excluding hydrogens is 709 g/mol. The Hall–Kier alpha value is -3.13. The molecule has 0 aliphatic carbocycles. The molecule has 0 saturated carbocycles. The molecule has 57 heavy (non-hydrogen) atoms. The van der Waals surface area contributed by atoms with E-state index in [4.69, 9.17) is 4.74 Å². The zero-order valence-electron chi connectivity index (χ0n) is 38.2. The van der Waals surface area contributed by atoms with Crippen LogP contribution in [0.4, 0.5) is 0 Å². The maximum absolute atomic E-state index is 11.4. The quantitative estimate of drug-likeness (QED) is 0.129. The van der Waals surface area contributed by atoms with Crippen LogP contribution in [0.3, 0.4) is 0 Å². The van der Waals surface area contributed by atoms with Gasteiger partial charge in [-0.1, -0.05) is 88.3 Å². The number of rotatable bonds is 14. The molecule has 8 heteroatoms. The minimum Gasteiger partial charge on any atom is -0.379 e. The van der Waals surface area contributed by atoms with E-state index in [0.29, 0.717) is 23.9 Å². The normalized spacial score (nSPS) is 22.5. The molecule has 4 heterocycles. The van der Waals surface area contributed by atoms with Crippen molar-refractivity contribution in [3.8, 4) is 0 Å². The summed E-state index contributed by atoms with van der Waals surface area (Å²) in [6.45, 7) is 43.9. The number of piperidine rings is 3. The highest BCUT2D eigenvalue weighted by Gasteiger charge is 2.33. The van der Waals surface area contributed by atoms with Gasteiger partial charge in [0, 0.05) is 71.1 Å². The maximum Gasteiger partial charge on any atom is 0.245 e. The van der Waals surface area contributed by atoms with Gasteiger partial charge in [-0.15, -0.1) is 0 Å². The number of ether oxygens (including phenoxy) is 1. The van der Waals surface area contributed by atoms with Gasteiger partial charge in [-0.05, 0) is 130 Å². The van der Waals surface area contributed by atoms with E-state index < -0.39 is 0 Å². The Morgan fingerprint density at radius 1 is 0.526 bits per heavy atom. The van der Waals surface area contributed by atoms with Crippen molar-refractivity contribution in [1.29, 1.82) is 0 Å². The summed E-state index contributed by atoms with van der Waals surface area (Å²) in [7, 11) is 1.80. The van der Waals surface area contributed by atoms with Crippen molar-refractivity contribution >= 4 is 17.7 Å². The molecule has 0 spiro atoms. The number of hydrogen-bond donors (Lipinski definition) is 0. The van der Waals surface area contributed by atoms with E-state index in [9.17, 15) is 14.4 Å². The van der Waals surface area contributed by atoms with Gasteiger partial charge in [0.1, 0.15) is 0 Å². The average Bonchev–Trinajstić information content (AvgIpc) is 3.59. The fourth-order valence-corrected chi connectivity index (χ4v) is 9.00. The second-order valence-electron chi connectivity index (χ2n) is 18.6. The first kappa shape index (κ1) is 51.9. The van der Waals surface area contributed by atoms with Crippen molar-refractivity contribution < 1.29 is 19.1 Å². The first-order valence-corrected chi connectivity index (χ1v) is 22.3. The van der Waals surface area contributed by atoms with Crippen LogP contribution < -0.4 is 0 Å². The van der Waals surface area contributed by atoms with Crippen LogP contribution in [0.25, 0.3) is 0 Å². The summed E-state index contributed by atoms with van der Waals surface area (Å²) in [5.74, 6) is 6.12. The number of carbonyl (C=O) groups excluding carboxylic acids is 3. The lowest BCUT2D eigenvalue weighted by atomic mass is 9.88. The number of amides is 3. The Kier molecular flexibility index (Phi) is 25.8. The molecular formula is C49H86N4O4. The van der Waals surface area contributed by atoms with E-state index in [2.05, 4.69) is 93.2 Å². The molecule has 4 atom stereocenters. The molecule has 4 aliphatic heterocycles. The third-order valence-electron chi connectivity index (χ3n) is 11.6. The predicted octanol–water partition coefficient (Wildman–Crippen LogP) is 10.1. The molecule has 0 aromatic heterocycles. The summed E-state index contributed by atoms with van der Waals surface area (Å²) in [6, 6.07) is 0. The van der Waals surface area contributed by atoms with Crippen LogP contribution in [0.1, 0.15) is 120 Å². The highest BCUT2D eigenvalue weighted by molar-refractivity contribution is 5.87. The first-order chi connectivity index (χ1) is 27.0. The molecule has 0 bridgehead atoms. The summed E-state index contributed by atoms with van der Waals surface area (Å²) >= 11 is 0. The molecule has 0 N–H and O–H groups in total. The van der Waals surface area contributed by atoms with Gasteiger partial charge in [0.15, 0.2) is 0 Å². The Morgan fingerprint density at radius 2 is 0.930 bits per heavy atom. The van der Waals surface area contributed by atoms with Crippen LogP contribution in [-0.2, 0) is 19.1 Å². The minimum absolute atomic E-state index is 0.0907. The molecule has 4 aliphatic rings. The zero-order chi connectivity index (χ0) is 43.1. The fourth-order valence-electron chi connectivity index (χ4n) is 9.00. The number of likely N-dealkylation sites (tertiary alicyclic amines) is 4. The highest BCUT2D eigenvalue weighted by atomic mass is 16.5. The Bertz CT molecular complexity index is 1190. The van der Waals surface area contributed by atoms with Gasteiger partial charge in [0.2, 0.25) is 17.7 Å². The van der Waals surface area contributed by atoms with Gasteiger partial charge in [-0.25, -0.2) is 0 Å². The number of allylic oxidation sites excluding steroid dienone is 1. The third-order valence-corrected chi connectivity index (χ3v) is 11.6. The Balaban J connectivity index is 0.000000380. The molecule has 3 amide bonds. The average molecular weight is 795 g/mol. The largest absolute Gasteiger partial charge is 0.379 e. The van der Waals surface area contributed by atoms with Gasteiger partial charge >= 0.3 is 0 Å². The van der Waals surface area contributed by atoms with Gasteiger partial charge in [0.25, 0.3) is 0 Å². The number of carbonyl (C=O) groups is 3. The lowest BCUT2D eigenvalue weighted by Gasteiger charge is -2.32. The lowest BCUT2D eigenvalue weighted by Crippen LogP contribution is -2.39. The van der Waals surface area contributed by atoms with Crippen LogP contribution >= 0.6 is 0 Å². The molecule has 326 valence electrons. The predicted molar refractivity (Wildman–Crippen MR) is 242 cm³/mol. The van der Waals surface area contributed by atoms with E-state index >= 15 is 0 Å². The molecule has 4 fully saturated rings. The second-order valence-corrected chi connectivity index (χ2v) is 18.6. The summed E-state index contributed by atoms with van der Waals surface area (Å²) < 4.78 is 5.53. The van der Waals surface area contributed by atoms with Crippen molar-refractivity contribution in [2.45, 2.75) is 126 Å². The SMILES string of the molecule is C=CC(=C)N1C[C@H](CC(C)C)[C@@H](OC)C1.C=CC(=O)N1CCC(CC(C)C)CC1.C=CC(=O)N1CCC[C@@H](CC(C)C)C1.C=CC(=O)N1CCC[C@H](CC(C)C)C1. The fraction of sp³-hybridized carbons (Fsp3) is 0.735. The molecule has 4 rings (SSSR count). The van der Waals surface area contributed by atoms with Crippen molar-refractivity contribution in [3.05, 3.63) is 62.9 Å². The van der Waals surface area contributed by atoms with Gasteiger partial charge in [0.05, 0.1) is 6.10 Å². The van der Waals surface area contributed by atoms with E-state index in [1.165, 1.54) is 56.8 Å². The van der Waals surface area contributed by atoms with Crippen molar-refractivity contribution in [3.63, 3.8) is 0 Å². The van der Waals surface area contributed by atoms with E-state index in [1.807, 2.05) is 20.8 Å². The van der Waals surface area contributed by atoms with Crippen molar-refractivity contribution in [2.75, 3.05) is 59.5 Å². The van der Waals surface area contributed by atoms with E-state index in [0.717, 1.165) is 113 Å². The maximum atomic E-state index is 11.4. The van der Waals surface area contributed by atoms with Gasteiger partial charge in [-0.3, -0.25) is 14.4 Å². The molecule has 4 saturated heterocycles.